The van der Waals surface area contributed by atoms with Gasteiger partial charge in [0.1, 0.15) is 16.7 Å². The molecule has 0 bridgehead atoms. The van der Waals surface area contributed by atoms with Crippen molar-refractivity contribution >= 4 is 46.2 Å². The van der Waals surface area contributed by atoms with E-state index in [1.165, 1.54) is 6.21 Å². The van der Waals surface area contributed by atoms with E-state index in [0.29, 0.717) is 27.6 Å². The topological polar surface area (TPSA) is 90.6 Å². The van der Waals surface area contributed by atoms with Gasteiger partial charge in [-0.1, -0.05) is 41.4 Å². The van der Waals surface area contributed by atoms with E-state index < -0.39 is 5.91 Å². The molecule has 0 aliphatic carbocycles. The number of nitrogens with zero attached hydrogens (tertiary/aromatic N) is 4. The van der Waals surface area contributed by atoms with Crippen LogP contribution in [0.25, 0.3) is 27.7 Å². The smallest absolute Gasteiger partial charge is 0.277 e. The predicted molar refractivity (Wildman–Crippen MR) is 149 cm³/mol. The fraction of sp³-hybridized carbons (Fsp3) is 0.0714. The molecule has 0 aliphatic heterocycles. The lowest BCUT2D eigenvalue weighted by Gasteiger charge is -2.10. The van der Waals surface area contributed by atoms with Crippen molar-refractivity contribution in [2.45, 2.75) is 0 Å². The molecule has 5 rings (SSSR count). The van der Waals surface area contributed by atoms with Crippen LogP contribution in [0.4, 0.5) is 0 Å². The number of para-hydroxylation sites is 1. The molecule has 0 fully saturated rings. The Hall–Kier alpha value is -4.40. The first-order valence-corrected chi connectivity index (χ1v) is 12.2. The zero-order valence-electron chi connectivity index (χ0n) is 20.1. The van der Waals surface area contributed by atoms with Crippen LogP contribution in [-0.4, -0.2) is 40.6 Å². The molecule has 38 heavy (non-hydrogen) atoms. The third-order valence-corrected chi connectivity index (χ3v) is 6.15. The van der Waals surface area contributed by atoms with Crippen LogP contribution < -0.4 is 14.9 Å². The van der Waals surface area contributed by atoms with Crippen molar-refractivity contribution < 1.29 is 14.3 Å². The average Bonchev–Trinajstić information content (AvgIpc) is 3.43. The van der Waals surface area contributed by atoms with Crippen LogP contribution in [0.2, 0.25) is 10.2 Å². The van der Waals surface area contributed by atoms with Gasteiger partial charge in [-0.3, -0.25) is 4.79 Å². The molecular weight excluding hydrogens is 525 g/mol. The van der Waals surface area contributed by atoms with E-state index in [2.05, 4.69) is 20.6 Å². The molecule has 2 heterocycles. The molecule has 3 aromatic carbocycles. The molecule has 10 heteroatoms. The summed E-state index contributed by atoms with van der Waals surface area (Å²) >= 11 is 12.5. The van der Waals surface area contributed by atoms with Gasteiger partial charge in [-0.05, 0) is 54.6 Å². The Balaban J connectivity index is 1.26. The van der Waals surface area contributed by atoms with Gasteiger partial charge in [0.15, 0.2) is 6.61 Å². The van der Waals surface area contributed by atoms with Crippen molar-refractivity contribution in [1.82, 2.24) is 20.2 Å². The SMILES string of the molecule is COc1ccc2nc(Cl)c(/C=N\NC(=O)COc3ccc(Cl)cc3-c3cnn(-c4ccccc4)c3)cc2c1. The number of nitrogens with one attached hydrogen (secondary N) is 1. The molecule has 0 saturated heterocycles. The van der Waals surface area contributed by atoms with Gasteiger partial charge in [0, 0.05) is 33.3 Å². The highest BCUT2D eigenvalue weighted by molar-refractivity contribution is 6.32. The zero-order chi connectivity index (χ0) is 26.5. The minimum absolute atomic E-state index is 0.263. The standard InChI is InChI=1S/C28H21Cl2N5O3/c1-37-23-8-9-25-18(12-23)11-19(28(30)33-25)14-31-34-27(36)17-38-26-10-7-21(29)13-24(26)20-15-32-35(16-20)22-5-3-2-4-6-22/h2-16H,17H2,1H3,(H,34,36)/b31-14-. The number of ether oxygens (including phenoxy) is 2. The van der Waals surface area contributed by atoms with Crippen molar-refractivity contribution in [1.29, 1.82) is 0 Å². The number of aromatic nitrogens is 3. The van der Waals surface area contributed by atoms with E-state index in [9.17, 15) is 4.79 Å². The number of hydrogen-bond donors (Lipinski definition) is 1. The van der Waals surface area contributed by atoms with Gasteiger partial charge in [-0.2, -0.15) is 10.2 Å². The number of rotatable bonds is 8. The minimum Gasteiger partial charge on any atom is -0.497 e. The summed E-state index contributed by atoms with van der Waals surface area (Å²) in [6.45, 7) is -0.264. The second-order valence-electron chi connectivity index (χ2n) is 8.16. The highest BCUT2D eigenvalue weighted by atomic mass is 35.5. The van der Waals surface area contributed by atoms with Gasteiger partial charge in [-0.25, -0.2) is 15.1 Å². The van der Waals surface area contributed by atoms with Gasteiger partial charge in [0.2, 0.25) is 0 Å². The van der Waals surface area contributed by atoms with Crippen molar-refractivity contribution in [3.63, 3.8) is 0 Å². The molecule has 2 aromatic heterocycles. The molecule has 0 radical (unpaired) electrons. The van der Waals surface area contributed by atoms with E-state index in [-0.39, 0.29) is 11.8 Å². The molecule has 190 valence electrons. The zero-order valence-corrected chi connectivity index (χ0v) is 21.6. The fourth-order valence-electron chi connectivity index (χ4n) is 3.75. The molecule has 1 N–H and O–H groups in total. The fourth-order valence-corrected chi connectivity index (χ4v) is 4.12. The summed E-state index contributed by atoms with van der Waals surface area (Å²) in [5.41, 5.74) is 6.13. The molecule has 1 amide bonds. The number of carbonyl (C=O) groups is 1. The van der Waals surface area contributed by atoms with Crippen LogP contribution in [0.1, 0.15) is 5.56 Å². The maximum absolute atomic E-state index is 12.4. The highest BCUT2D eigenvalue weighted by Gasteiger charge is 2.12. The van der Waals surface area contributed by atoms with Crippen molar-refractivity contribution in [2.24, 2.45) is 5.10 Å². The Morgan fingerprint density at radius 3 is 2.74 bits per heavy atom. The van der Waals surface area contributed by atoms with Crippen LogP contribution in [0.15, 0.2) is 90.3 Å². The van der Waals surface area contributed by atoms with Gasteiger partial charge >= 0.3 is 0 Å². The van der Waals surface area contributed by atoms with Crippen molar-refractivity contribution in [3.05, 3.63) is 101 Å². The number of carbonyl (C=O) groups excluding carboxylic acids is 1. The monoisotopic (exact) mass is 545 g/mol. The summed E-state index contributed by atoms with van der Waals surface area (Å²) in [5.74, 6) is 0.731. The number of amides is 1. The number of hydrogen-bond acceptors (Lipinski definition) is 6. The van der Waals surface area contributed by atoms with Crippen molar-refractivity contribution in [3.8, 4) is 28.3 Å². The third kappa shape index (κ3) is 5.77. The quantitative estimate of drug-likeness (QED) is 0.148. The van der Waals surface area contributed by atoms with E-state index in [4.69, 9.17) is 32.7 Å². The second-order valence-corrected chi connectivity index (χ2v) is 8.95. The van der Waals surface area contributed by atoms with Crippen LogP contribution in [0.3, 0.4) is 0 Å². The predicted octanol–water partition coefficient (Wildman–Crippen LogP) is 5.93. The van der Waals surface area contributed by atoms with Gasteiger partial charge < -0.3 is 9.47 Å². The Morgan fingerprint density at radius 1 is 1.08 bits per heavy atom. The lowest BCUT2D eigenvalue weighted by molar-refractivity contribution is -0.123. The van der Waals surface area contributed by atoms with Gasteiger partial charge in [-0.15, -0.1) is 0 Å². The van der Waals surface area contributed by atoms with Gasteiger partial charge in [0.25, 0.3) is 5.91 Å². The van der Waals surface area contributed by atoms with E-state index >= 15 is 0 Å². The number of hydrazone groups is 1. The Kier molecular flexibility index (Phi) is 7.53. The summed E-state index contributed by atoms with van der Waals surface area (Å²) < 4.78 is 12.8. The number of benzene rings is 3. The summed E-state index contributed by atoms with van der Waals surface area (Å²) in [4.78, 5) is 16.8. The normalized spacial score (nSPS) is 11.1. The molecule has 8 nitrogen and oxygen atoms in total. The summed E-state index contributed by atoms with van der Waals surface area (Å²) in [5, 5.41) is 10.1. The maximum Gasteiger partial charge on any atom is 0.277 e. The highest BCUT2D eigenvalue weighted by Crippen LogP contribution is 2.33. The summed E-state index contributed by atoms with van der Waals surface area (Å²) in [7, 11) is 1.59. The summed E-state index contributed by atoms with van der Waals surface area (Å²) in [6, 6.07) is 22.2. The number of halogens is 2. The molecule has 0 spiro atoms. The first-order chi connectivity index (χ1) is 18.5. The van der Waals surface area contributed by atoms with Crippen LogP contribution in [0, 0.1) is 0 Å². The number of fused-ring (bicyclic) bond motifs is 1. The molecular formula is C28H21Cl2N5O3. The Morgan fingerprint density at radius 2 is 1.92 bits per heavy atom. The molecule has 0 atom stereocenters. The molecule has 0 unspecified atom stereocenters. The molecule has 0 saturated carbocycles. The largest absolute Gasteiger partial charge is 0.497 e. The number of pyridine rings is 1. The lowest BCUT2D eigenvalue weighted by atomic mass is 10.1. The second kappa shape index (κ2) is 11.3. The Bertz CT molecular complexity index is 1640. The van der Waals surface area contributed by atoms with Crippen LogP contribution in [0.5, 0.6) is 11.5 Å². The van der Waals surface area contributed by atoms with Crippen molar-refractivity contribution in [2.75, 3.05) is 13.7 Å². The summed E-state index contributed by atoms with van der Waals surface area (Å²) in [6.07, 6.45) is 5.01. The first-order valence-electron chi connectivity index (χ1n) is 11.5. The minimum atomic E-state index is -0.450. The third-order valence-electron chi connectivity index (χ3n) is 5.61. The van der Waals surface area contributed by atoms with E-state index in [1.807, 2.05) is 54.7 Å². The average molecular weight is 546 g/mol. The molecule has 0 aliphatic rings. The van der Waals surface area contributed by atoms with Crippen LogP contribution >= 0.6 is 23.2 Å². The molecule has 5 aromatic rings. The number of methoxy groups -OCH3 is 1. The Labute approximate surface area is 228 Å². The van der Waals surface area contributed by atoms with E-state index in [0.717, 1.165) is 22.2 Å². The van der Waals surface area contributed by atoms with Gasteiger partial charge in [0.05, 0.1) is 30.7 Å². The van der Waals surface area contributed by atoms with E-state index in [1.54, 1.807) is 42.3 Å². The van der Waals surface area contributed by atoms with Crippen LogP contribution in [-0.2, 0) is 4.79 Å². The maximum atomic E-state index is 12.4. The lowest BCUT2D eigenvalue weighted by Crippen LogP contribution is -2.24. The first kappa shape index (κ1) is 25.3.